The maximum atomic E-state index is 4.18. The Kier molecular flexibility index (Phi) is 3.02. The van der Waals surface area contributed by atoms with Gasteiger partial charge in [-0.05, 0) is 26.9 Å². The van der Waals surface area contributed by atoms with Crippen LogP contribution in [0.2, 0.25) is 0 Å². The first-order chi connectivity index (χ1) is 7.18. The lowest BCUT2D eigenvalue weighted by atomic mass is 10.2. The molecule has 1 saturated heterocycles. The van der Waals surface area contributed by atoms with Crippen molar-refractivity contribution in [1.29, 1.82) is 0 Å². The molecule has 0 bridgehead atoms. The molecule has 15 heavy (non-hydrogen) atoms. The number of aryl methyl sites for hydroxylation is 1. The molecule has 0 saturated carbocycles. The topological polar surface area (TPSA) is 46.0 Å². The highest BCUT2D eigenvalue weighted by molar-refractivity contribution is 4.93. The van der Waals surface area contributed by atoms with E-state index in [9.17, 15) is 0 Å². The molecule has 0 spiro atoms. The molecule has 1 aromatic rings. The molecule has 2 rings (SSSR count). The van der Waals surface area contributed by atoms with Gasteiger partial charge in [-0.25, -0.2) is 0 Å². The minimum absolute atomic E-state index is 0.641. The summed E-state index contributed by atoms with van der Waals surface area (Å²) < 4.78 is 2.05. The Labute approximate surface area is 90.5 Å². The third kappa shape index (κ3) is 2.18. The van der Waals surface area contributed by atoms with E-state index < -0.39 is 0 Å². The van der Waals surface area contributed by atoms with Crippen LogP contribution in [0.25, 0.3) is 0 Å². The van der Waals surface area contributed by atoms with Gasteiger partial charge in [0.05, 0.1) is 6.54 Å². The highest BCUT2D eigenvalue weighted by Gasteiger charge is 2.20. The van der Waals surface area contributed by atoms with Gasteiger partial charge in [0.15, 0.2) is 0 Å². The van der Waals surface area contributed by atoms with Gasteiger partial charge in [0.1, 0.15) is 11.6 Å². The summed E-state index contributed by atoms with van der Waals surface area (Å²) in [5, 5.41) is 11.6. The van der Waals surface area contributed by atoms with Gasteiger partial charge in [-0.1, -0.05) is 0 Å². The molecule has 1 N–H and O–H groups in total. The predicted octanol–water partition coefficient (Wildman–Crippen LogP) is -0.0828. The smallest absolute Gasteiger partial charge is 0.146 e. The van der Waals surface area contributed by atoms with Gasteiger partial charge in [0.2, 0.25) is 0 Å². The minimum atomic E-state index is 0.641. The molecule has 84 valence electrons. The Bertz CT molecular complexity index is 327. The molecule has 0 aromatic carbocycles. The lowest BCUT2D eigenvalue weighted by Crippen LogP contribution is -2.33. The molecule has 1 aliphatic heterocycles. The van der Waals surface area contributed by atoms with Crippen LogP contribution < -0.4 is 5.32 Å². The normalized spacial score (nSPS) is 21.5. The first-order valence-corrected chi connectivity index (χ1v) is 5.44. The molecule has 5 nitrogen and oxygen atoms in total. The van der Waals surface area contributed by atoms with Crippen LogP contribution in [-0.2, 0) is 13.6 Å². The van der Waals surface area contributed by atoms with Crippen LogP contribution in [0, 0.1) is 6.92 Å². The third-order valence-corrected chi connectivity index (χ3v) is 3.23. The summed E-state index contributed by atoms with van der Waals surface area (Å²) in [6, 6.07) is 0.641. The second-order valence-electron chi connectivity index (χ2n) is 4.28. The van der Waals surface area contributed by atoms with Crippen molar-refractivity contribution in [2.24, 2.45) is 7.05 Å². The van der Waals surface area contributed by atoms with Crippen molar-refractivity contribution in [2.75, 3.05) is 20.1 Å². The SMILES string of the molecule is Cc1nnc(CN(C)C2CCNC2)n1C. The van der Waals surface area contributed by atoms with Crippen LogP contribution >= 0.6 is 0 Å². The van der Waals surface area contributed by atoms with Crippen molar-refractivity contribution >= 4 is 0 Å². The summed E-state index contributed by atoms with van der Waals surface area (Å²) in [5.41, 5.74) is 0. The van der Waals surface area contributed by atoms with E-state index in [2.05, 4.69) is 32.0 Å². The molecule has 0 amide bonds. The van der Waals surface area contributed by atoms with Gasteiger partial charge in [-0.3, -0.25) is 4.90 Å². The van der Waals surface area contributed by atoms with Gasteiger partial charge < -0.3 is 9.88 Å². The average molecular weight is 209 g/mol. The van der Waals surface area contributed by atoms with E-state index >= 15 is 0 Å². The Morgan fingerprint density at radius 2 is 2.33 bits per heavy atom. The molecular formula is C10H19N5. The monoisotopic (exact) mass is 209 g/mol. The van der Waals surface area contributed by atoms with Crippen LogP contribution in [0.5, 0.6) is 0 Å². The zero-order valence-electron chi connectivity index (χ0n) is 9.69. The number of nitrogens with zero attached hydrogens (tertiary/aromatic N) is 4. The first-order valence-electron chi connectivity index (χ1n) is 5.44. The Morgan fingerprint density at radius 3 is 2.87 bits per heavy atom. The van der Waals surface area contributed by atoms with Crippen LogP contribution in [0.3, 0.4) is 0 Å². The quantitative estimate of drug-likeness (QED) is 0.756. The molecule has 5 heteroatoms. The number of likely N-dealkylation sites (N-methyl/N-ethyl adjacent to an activating group) is 1. The maximum Gasteiger partial charge on any atom is 0.146 e. The van der Waals surface area contributed by atoms with Gasteiger partial charge in [-0.15, -0.1) is 10.2 Å². The highest BCUT2D eigenvalue weighted by atomic mass is 15.3. The molecule has 0 radical (unpaired) electrons. The number of rotatable bonds is 3. The van der Waals surface area contributed by atoms with E-state index in [4.69, 9.17) is 0 Å². The van der Waals surface area contributed by atoms with Gasteiger partial charge in [0, 0.05) is 19.6 Å². The molecule has 2 heterocycles. The van der Waals surface area contributed by atoms with Crippen LogP contribution in [0.4, 0.5) is 0 Å². The molecule has 1 fully saturated rings. The fourth-order valence-corrected chi connectivity index (χ4v) is 1.96. The first kappa shape index (κ1) is 10.6. The summed E-state index contributed by atoms with van der Waals surface area (Å²) in [6.07, 6.45) is 1.23. The largest absolute Gasteiger partial charge is 0.317 e. The molecular weight excluding hydrogens is 190 g/mol. The van der Waals surface area contributed by atoms with Crippen molar-refractivity contribution in [3.8, 4) is 0 Å². The lowest BCUT2D eigenvalue weighted by molar-refractivity contribution is 0.240. The Hall–Kier alpha value is -0.940. The number of hydrogen-bond donors (Lipinski definition) is 1. The Morgan fingerprint density at radius 1 is 1.53 bits per heavy atom. The van der Waals surface area contributed by atoms with Crippen molar-refractivity contribution in [3.05, 3.63) is 11.6 Å². The van der Waals surface area contributed by atoms with E-state index in [0.717, 1.165) is 31.3 Å². The summed E-state index contributed by atoms with van der Waals surface area (Å²) in [4.78, 5) is 2.35. The van der Waals surface area contributed by atoms with E-state index in [0.29, 0.717) is 6.04 Å². The number of nitrogens with one attached hydrogen (secondary N) is 1. The zero-order chi connectivity index (χ0) is 10.8. The summed E-state index contributed by atoms with van der Waals surface area (Å²) in [6.45, 7) is 5.08. The van der Waals surface area contributed by atoms with Crippen molar-refractivity contribution < 1.29 is 0 Å². The van der Waals surface area contributed by atoms with Crippen molar-refractivity contribution in [3.63, 3.8) is 0 Å². The second-order valence-corrected chi connectivity index (χ2v) is 4.28. The summed E-state index contributed by atoms with van der Waals surface area (Å²) in [7, 11) is 4.17. The summed E-state index contributed by atoms with van der Waals surface area (Å²) >= 11 is 0. The molecule has 0 aliphatic carbocycles. The Balaban J connectivity index is 1.98. The lowest BCUT2D eigenvalue weighted by Gasteiger charge is -2.22. The fourth-order valence-electron chi connectivity index (χ4n) is 1.96. The van der Waals surface area contributed by atoms with Gasteiger partial charge in [0.25, 0.3) is 0 Å². The number of hydrogen-bond acceptors (Lipinski definition) is 4. The van der Waals surface area contributed by atoms with Gasteiger partial charge in [-0.2, -0.15) is 0 Å². The van der Waals surface area contributed by atoms with E-state index in [1.54, 1.807) is 0 Å². The maximum absolute atomic E-state index is 4.18. The van der Waals surface area contributed by atoms with E-state index in [1.165, 1.54) is 6.42 Å². The fraction of sp³-hybridized carbons (Fsp3) is 0.800. The van der Waals surface area contributed by atoms with Crippen molar-refractivity contribution in [2.45, 2.75) is 25.9 Å². The molecule has 1 atom stereocenters. The van der Waals surface area contributed by atoms with E-state index in [-0.39, 0.29) is 0 Å². The number of aromatic nitrogens is 3. The van der Waals surface area contributed by atoms with Crippen molar-refractivity contribution in [1.82, 2.24) is 25.0 Å². The molecule has 1 aromatic heterocycles. The predicted molar refractivity (Wildman–Crippen MR) is 58.5 cm³/mol. The van der Waals surface area contributed by atoms with Crippen LogP contribution in [0.15, 0.2) is 0 Å². The molecule has 1 aliphatic rings. The van der Waals surface area contributed by atoms with E-state index in [1.807, 2.05) is 14.0 Å². The minimum Gasteiger partial charge on any atom is -0.317 e. The second kappa shape index (κ2) is 4.28. The highest BCUT2D eigenvalue weighted by Crippen LogP contribution is 2.09. The van der Waals surface area contributed by atoms with Crippen LogP contribution in [-0.4, -0.2) is 45.8 Å². The average Bonchev–Trinajstić information content (AvgIpc) is 2.83. The summed E-state index contributed by atoms with van der Waals surface area (Å²) in [5.74, 6) is 2.02. The molecule has 1 unspecified atom stereocenters. The van der Waals surface area contributed by atoms with Crippen LogP contribution in [0.1, 0.15) is 18.1 Å². The van der Waals surface area contributed by atoms with Gasteiger partial charge >= 0.3 is 0 Å². The zero-order valence-corrected chi connectivity index (χ0v) is 9.69. The third-order valence-electron chi connectivity index (χ3n) is 3.23. The standard InChI is InChI=1S/C10H19N5/c1-8-12-13-10(15(8)3)7-14(2)9-4-5-11-6-9/h9,11H,4-7H2,1-3H3.